The Morgan fingerprint density at radius 2 is 1.82 bits per heavy atom. The Balaban J connectivity index is 1.65. The zero-order chi connectivity index (χ0) is 23.7. The van der Waals surface area contributed by atoms with Crippen LogP contribution in [0.25, 0.3) is 16.3 Å². The maximum Gasteiger partial charge on any atom is 0.327 e. The average Bonchev–Trinajstić information content (AvgIpc) is 3.56. The molecule has 0 radical (unpaired) electrons. The highest BCUT2D eigenvalue weighted by Gasteiger charge is 2.36. The molecule has 3 heterocycles. The Morgan fingerprint density at radius 3 is 2.53 bits per heavy atom. The van der Waals surface area contributed by atoms with Crippen LogP contribution < -0.4 is 19.7 Å². The Kier molecular flexibility index (Phi) is 5.77. The second kappa shape index (κ2) is 9.03. The van der Waals surface area contributed by atoms with Gasteiger partial charge in [0.2, 0.25) is 5.82 Å². The number of methoxy groups -OCH3 is 2. The van der Waals surface area contributed by atoms with E-state index in [0.29, 0.717) is 34.4 Å². The maximum absolute atomic E-state index is 13.3. The van der Waals surface area contributed by atoms with Gasteiger partial charge in [-0.05, 0) is 48.2 Å². The van der Waals surface area contributed by atoms with Crippen molar-refractivity contribution in [3.63, 3.8) is 0 Å². The molecule has 34 heavy (non-hydrogen) atoms. The summed E-state index contributed by atoms with van der Waals surface area (Å²) in [6, 6.07) is 18.0. The van der Waals surface area contributed by atoms with Crippen LogP contribution in [0.3, 0.4) is 0 Å². The molecule has 5 rings (SSSR count). The van der Waals surface area contributed by atoms with Crippen molar-refractivity contribution in [1.82, 2.24) is 15.5 Å². The third kappa shape index (κ3) is 3.90. The van der Waals surface area contributed by atoms with Crippen LogP contribution in [0.4, 0.5) is 10.5 Å². The van der Waals surface area contributed by atoms with E-state index in [1.165, 1.54) is 11.3 Å². The van der Waals surface area contributed by atoms with Crippen molar-refractivity contribution < 1.29 is 18.8 Å². The number of nitrogens with zero attached hydrogens (tertiary/aromatic N) is 3. The van der Waals surface area contributed by atoms with E-state index in [9.17, 15) is 4.79 Å². The number of anilines is 1. The van der Waals surface area contributed by atoms with Crippen molar-refractivity contribution in [2.45, 2.75) is 13.0 Å². The number of allylic oxidation sites excluding steroid dienone is 1. The number of rotatable bonds is 6. The lowest BCUT2D eigenvalue weighted by Crippen LogP contribution is -2.46. The number of carbonyl (C=O) groups is 1. The van der Waals surface area contributed by atoms with Gasteiger partial charge >= 0.3 is 6.03 Å². The maximum atomic E-state index is 13.3. The topological polar surface area (TPSA) is 89.7 Å². The second-order valence-electron chi connectivity index (χ2n) is 7.59. The lowest BCUT2D eigenvalue weighted by molar-refractivity contribution is 0.244. The third-order valence-corrected chi connectivity index (χ3v) is 6.51. The van der Waals surface area contributed by atoms with Gasteiger partial charge in [0.05, 0.1) is 36.4 Å². The molecule has 2 aromatic carbocycles. The molecule has 0 bridgehead atoms. The molecule has 172 valence electrons. The zero-order valence-electron chi connectivity index (χ0n) is 18.8. The normalized spacial score (nSPS) is 15.9. The molecular formula is C25H22N4O4S. The Morgan fingerprint density at radius 1 is 1.03 bits per heavy atom. The molecule has 2 aromatic heterocycles. The molecule has 0 fully saturated rings. The minimum atomic E-state index is -0.489. The number of amides is 2. The van der Waals surface area contributed by atoms with E-state index >= 15 is 0 Å². The van der Waals surface area contributed by atoms with Crippen molar-refractivity contribution >= 4 is 28.6 Å². The van der Waals surface area contributed by atoms with Crippen LogP contribution in [-0.2, 0) is 0 Å². The molecule has 0 saturated carbocycles. The first-order valence-corrected chi connectivity index (χ1v) is 11.4. The largest absolute Gasteiger partial charge is 0.497 e. The summed E-state index contributed by atoms with van der Waals surface area (Å²) in [5, 5.41) is 9.25. The van der Waals surface area contributed by atoms with E-state index in [1.54, 1.807) is 25.2 Å². The summed E-state index contributed by atoms with van der Waals surface area (Å²) in [5.41, 5.74) is 2.92. The van der Waals surface area contributed by atoms with Gasteiger partial charge in [0.25, 0.3) is 5.89 Å². The van der Waals surface area contributed by atoms with Crippen molar-refractivity contribution in [3.05, 3.63) is 83.2 Å². The molecule has 0 aliphatic carbocycles. The molecule has 9 heteroatoms. The molecule has 4 aromatic rings. The van der Waals surface area contributed by atoms with Crippen LogP contribution in [0.1, 0.15) is 24.4 Å². The molecular weight excluding hydrogens is 452 g/mol. The minimum absolute atomic E-state index is 0.270. The fraction of sp³-hybridized carbons (Fsp3) is 0.160. The summed E-state index contributed by atoms with van der Waals surface area (Å²) in [6.07, 6.45) is 0. The summed E-state index contributed by atoms with van der Waals surface area (Å²) in [7, 11) is 3.21. The van der Waals surface area contributed by atoms with Crippen LogP contribution in [0.5, 0.6) is 11.5 Å². The van der Waals surface area contributed by atoms with E-state index in [1.807, 2.05) is 66.9 Å². The van der Waals surface area contributed by atoms with E-state index in [2.05, 4.69) is 15.5 Å². The van der Waals surface area contributed by atoms with Gasteiger partial charge in [-0.15, -0.1) is 11.3 Å². The number of hydrogen-bond donors (Lipinski definition) is 1. The summed E-state index contributed by atoms with van der Waals surface area (Å²) in [6.45, 7) is 1.87. The highest BCUT2D eigenvalue weighted by Crippen LogP contribution is 2.40. The van der Waals surface area contributed by atoms with E-state index in [0.717, 1.165) is 16.2 Å². The molecule has 1 N–H and O–H groups in total. The van der Waals surface area contributed by atoms with Crippen molar-refractivity contribution in [2.75, 3.05) is 19.1 Å². The van der Waals surface area contributed by atoms with Crippen molar-refractivity contribution in [2.24, 2.45) is 0 Å². The van der Waals surface area contributed by atoms with E-state index in [4.69, 9.17) is 14.0 Å². The number of carbonyl (C=O) groups excluding carboxylic acids is 1. The second-order valence-corrected chi connectivity index (χ2v) is 8.54. The fourth-order valence-electron chi connectivity index (χ4n) is 3.97. The van der Waals surface area contributed by atoms with Crippen LogP contribution in [0, 0.1) is 0 Å². The monoisotopic (exact) mass is 474 g/mol. The predicted octanol–water partition coefficient (Wildman–Crippen LogP) is 5.52. The summed E-state index contributed by atoms with van der Waals surface area (Å²) in [5.74, 6) is 2.22. The zero-order valence-corrected chi connectivity index (χ0v) is 19.6. The summed E-state index contributed by atoms with van der Waals surface area (Å²) < 4.78 is 16.4. The average molecular weight is 475 g/mol. The first kappa shape index (κ1) is 21.7. The van der Waals surface area contributed by atoms with Crippen molar-refractivity contribution in [1.29, 1.82) is 0 Å². The third-order valence-electron chi connectivity index (χ3n) is 5.64. The Bertz CT molecular complexity index is 1350. The summed E-state index contributed by atoms with van der Waals surface area (Å²) >= 11 is 1.53. The van der Waals surface area contributed by atoms with Crippen LogP contribution in [0.2, 0.25) is 0 Å². The molecule has 1 aliphatic rings. The smallest absolute Gasteiger partial charge is 0.327 e. The first-order valence-electron chi connectivity index (χ1n) is 10.6. The molecule has 1 aliphatic heterocycles. The number of nitrogens with one attached hydrogen (secondary N) is 1. The van der Waals surface area contributed by atoms with Crippen LogP contribution in [-0.4, -0.2) is 30.4 Å². The molecule has 0 spiro atoms. The van der Waals surface area contributed by atoms with Gasteiger partial charge in [0, 0.05) is 11.8 Å². The van der Waals surface area contributed by atoms with E-state index < -0.39 is 6.04 Å². The quantitative estimate of drug-likeness (QED) is 0.396. The highest BCUT2D eigenvalue weighted by atomic mass is 32.1. The Labute approximate surface area is 200 Å². The predicted molar refractivity (Wildman–Crippen MR) is 130 cm³/mol. The number of thiophene rings is 1. The van der Waals surface area contributed by atoms with Gasteiger partial charge in [-0.1, -0.05) is 29.4 Å². The van der Waals surface area contributed by atoms with Gasteiger partial charge in [-0.25, -0.2) is 4.79 Å². The summed E-state index contributed by atoms with van der Waals surface area (Å²) in [4.78, 5) is 20.5. The molecule has 1 atom stereocenters. The van der Waals surface area contributed by atoms with Crippen molar-refractivity contribution in [3.8, 4) is 22.2 Å². The lowest BCUT2D eigenvalue weighted by Gasteiger charge is -2.35. The molecule has 2 amide bonds. The fourth-order valence-corrected chi connectivity index (χ4v) is 4.61. The van der Waals surface area contributed by atoms with Gasteiger partial charge < -0.3 is 19.3 Å². The number of benzene rings is 2. The lowest BCUT2D eigenvalue weighted by atomic mass is 9.94. The first-order chi connectivity index (χ1) is 16.6. The van der Waals surface area contributed by atoms with Gasteiger partial charge in [0.15, 0.2) is 0 Å². The number of hydrogen-bond acceptors (Lipinski definition) is 7. The molecule has 1 unspecified atom stereocenters. The number of ether oxygens (including phenoxy) is 2. The SMILES string of the molecule is COc1ccc(C2NC(=O)N(c3cccc(OC)c3)C(C)=C2c2nc(-c3cccs3)no2)cc1. The van der Waals surface area contributed by atoms with Crippen LogP contribution in [0.15, 0.2) is 76.3 Å². The Hall–Kier alpha value is -4.11. The molecule has 8 nitrogen and oxygen atoms in total. The van der Waals surface area contributed by atoms with Gasteiger partial charge in [0.1, 0.15) is 11.5 Å². The van der Waals surface area contributed by atoms with Gasteiger partial charge in [-0.3, -0.25) is 4.90 Å². The standard InChI is InChI=1S/C25H22N4O4S/c1-15-21(24-27-23(28-33-24)20-8-5-13-34-20)22(16-9-11-18(31-2)12-10-16)26-25(30)29(15)17-6-4-7-19(14-17)32-3/h4-14,22H,1-3H3,(H,26,30). The van der Waals surface area contributed by atoms with Gasteiger partial charge in [-0.2, -0.15) is 4.98 Å². The highest BCUT2D eigenvalue weighted by molar-refractivity contribution is 7.13. The minimum Gasteiger partial charge on any atom is -0.497 e. The van der Waals surface area contributed by atoms with E-state index in [-0.39, 0.29) is 6.03 Å². The molecule has 0 saturated heterocycles. The number of aromatic nitrogens is 2. The van der Waals surface area contributed by atoms with Crippen LogP contribution >= 0.6 is 11.3 Å². The number of urea groups is 1.